The summed E-state index contributed by atoms with van der Waals surface area (Å²) in [4.78, 5) is 23.8. The lowest BCUT2D eigenvalue weighted by atomic mass is 9.64. The SMILES string of the molecule is CCOC(=O)C[C@H]1CC[C@@H]2CCCC(=O)[C@@]21C. The Kier molecular flexibility index (Phi) is 3.55. The van der Waals surface area contributed by atoms with Crippen LogP contribution in [0.2, 0.25) is 0 Å². The van der Waals surface area contributed by atoms with Crippen molar-refractivity contribution in [1.29, 1.82) is 0 Å². The second-order valence-electron chi connectivity index (χ2n) is 5.58. The minimum absolute atomic E-state index is 0.141. The van der Waals surface area contributed by atoms with Gasteiger partial charge in [0, 0.05) is 18.3 Å². The molecule has 2 fully saturated rings. The van der Waals surface area contributed by atoms with E-state index >= 15 is 0 Å². The zero-order chi connectivity index (χ0) is 12.5. The molecule has 0 aromatic rings. The molecular formula is C14H22O3. The number of ether oxygens (including phenoxy) is 1. The van der Waals surface area contributed by atoms with Crippen molar-refractivity contribution in [2.75, 3.05) is 6.61 Å². The maximum Gasteiger partial charge on any atom is 0.306 e. The molecule has 0 aliphatic heterocycles. The molecule has 0 amide bonds. The number of hydrogen-bond donors (Lipinski definition) is 0. The third-order valence-corrected chi connectivity index (χ3v) is 4.84. The highest BCUT2D eigenvalue weighted by Crippen LogP contribution is 2.54. The fourth-order valence-electron chi connectivity index (χ4n) is 3.75. The molecular weight excluding hydrogens is 216 g/mol. The van der Waals surface area contributed by atoms with E-state index in [0.29, 0.717) is 31.1 Å². The van der Waals surface area contributed by atoms with Crippen LogP contribution in [0.15, 0.2) is 0 Å². The first-order valence-electron chi connectivity index (χ1n) is 6.78. The summed E-state index contributed by atoms with van der Waals surface area (Å²) in [6, 6.07) is 0. The van der Waals surface area contributed by atoms with E-state index in [2.05, 4.69) is 6.92 Å². The molecule has 3 heteroatoms. The monoisotopic (exact) mass is 238 g/mol. The molecule has 17 heavy (non-hydrogen) atoms. The van der Waals surface area contributed by atoms with Crippen LogP contribution in [0.1, 0.15) is 52.4 Å². The van der Waals surface area contributed by atoms with E-state index in [4.69, 9.17) is 4.74 Å². The summed E-state index contributed by atoms with van der Waals surface area (Å²) in [5.74, 6) is 0.945. The fraction of sp³-hybridized carbons (Fsp3) is 0.857. The number of esters is 1. The van der Waals surface area contributed by atoms with E-state index in [1.807, 2.05) is 6.92 Å². The van der Waals surface area contributed by atoms with E-state index in [9.17, 15) is 9.59 Å². The third-order valence-electron chi connectivity index (χ3n) is 4.84. The Morgan fingerprint density at radius 1 is 1.41 bits per heavy atom. The molecule has 0 N–H and O–H groups in total. The molecule has 2 aliphatic carbocycles. The lowest BCUT2D eigenvalue weighted by Gasteiger charge is -2.38. The summed E-state index contributed by atoms with van der Waals surface area (Å²) in [5.41, 5.74) is -0.245. The average Bonchev–Trinajstić information content (AvgIpc) is 2.60. The van der Waals surface area contributed by atoms with Gasteiger partial charge in [0.2, 0.25) is 0 Å². The van der Waals surface area contributed by atoms with Gasteiger partial charge in [0.15, 0.2) is 0 Å². The number of rotatable bonds is 3. The highest BCUT2D eigenvalue weighted by Gasteiger charge is 2.52. The first-order valence-corrected chi connectivity index (χ1v) is 6.78. The zero-order valence-corrected chi connectivity index (χ0v) is 10.8. The van der Waals surface area contributed by atoms with E-state index in [0.717, 1.165) is 25.7 Å². The summed E-state index contributed by atoms with van der Waals surface area (Å²) in [7, 11) is 0. The Hall–Kier alpha value is -0.860. The van der Waals surface area contributed by atoms with Gasteiger partial charge in [-0.15, -0.1) is 0 Å². The van der Waals surface area contributed by atoms with Crippen LogP contribution in [0, 0.1) is 17.3 Å². The van der Waals surface area contributed by atoms with Gasteiger partial charge in [0.05, 0.1) is 6.61 Å². The van der Waals surface area contributed by atoms with Crippen molar-refractivity contribution >= 4 is 11.8 Å². The molecule has 2 rings (SSSR count). The van der Waals surface area contributed by atoms with Crippen LogP contribution in [0.3, 0.4) is 0 Å². The Bertz CT molecular complexity index is 323. The largest absolute Gasteiger partial charge is 0.466 e. The molecule has 2 aliphatic rings. The molecule has 0 aromatic carbocycles. The van der Waals surface area contributed by atoms with Gasteiger partial charge in [-0.05, 0) is 44.4 Å². The van der Waals surface area contributed by atoms with Gasteiger partial charge in [-0.25, -0.2) is 0 Å². The van der Waals surface area contributed by atoms with Crippen molar-refractivity contribution < 1.29 is 14.3 Å². The molecule has 0 spiro atoms. The van der Waals surface area contributed by atoms with Gasteiger partial charge in [-0.2, -0.15) is 0 Å². The van der Waals surface area contributed by atoms with Gasteiger partial charge >= 0.3 is 5.97 Å². The molecule has 0 heterocycles. The Morgan fingerprint density at radius 2 is 2.18 bits per heavy atom. The highest BCUT2D eigenvalue weighted by molar-refractivity contribution is 5.87. The molecule has 0 bridgehead atoms. The van der Waals surface area contributed by atoms with Crippen molar-refractivity contribution in [2.24, 2.45) is 17.3 Å². The molecule has 2 saturated carbocycles. The Balaban J connectivity index is 2.08. The predicted molar refractivity (Wildman–Crippen MR) is 64.4 cm³/mol. The average molecular weight is 238 g/mol. The van der Waals surface area contributed by atoms with Gasteiger partial charge in [-0.1, -0.05) is 6.92 Å². The third kappa shape index (κ3) is 2.12. The van der Waals surface area contributed by atoms with Crippen LogP contribution in [0.5, 0.6) is 0 Å². The first kappa shape index (κ1) is 12.6. The number of hydrogen-bond acceptors (Lipinski definition) is 3. The zero-order valence-electron chi connectivity index (χ0n) is 10.8. The Labute approximate surface area is 103 Å². The van der Waals surface area contributed by atoms with Gasteiger partial charge in [0.25, 0.3) is 0 Å². The number of ketones is 1. The predicted octanol–water partition coefficient (Wildman–Crippen LogP) is 2.73. The normalized spacial score (nSPS) is 36.7. The summed E-state index contributed by atoms with van der Waals surface area (Å²) in [6.45, 7) is 4.33. The maximum atomic E-state index is 12.2. The van der Waals surface area contributed by atoms with Crippen molar-refractivity contribution in [3.63, 3.8) is 0 Å². The molecule has 0 radical (unpaired) electrons. The minimum Gasteiger partial charge on any atom is -0.466 e. The van der Waals surface area contributed by atoms with Crippen molar-refractivity contribution in [1.82, 2.24) is 0 Å². The quantitative estimate of drug-likeness (QED) is 0.710. The van der Waals surface area contributed by atoms with Crippen LogP contribution < -0.4 is 0 Å². The van der Waals surface area contributed by atoms with Crippen LogP contribution in [0.4, 0.5) is 0 Å². The maximum absolute atomic E-state index is 12.2. The summed E-state index contributed by atoms with van der Waals surface area (Å²) < 4.78 is 5.01. The van der Waals surface area contributed by atoms with Crippen molar-refractivity contribution in [2.45, 2.75) is 52.4 Å². The van der Waals surface area contributed by atoms with Crippen LogP contribution in [-0.4, -0.2) is 18.4 Å². The van der Waals surface area contributed by atoms with Crippen molar-refractivity contribution in [3.05, 3.63) is 0 Å². The molecule has 3 atom stereocenters. The van der Waals surface area contributed by atoms with Gasteiger partial charge in [-0.3, -0.25) is 9.59 Å². The standard InChI is InChI=1S/C14H22O3/c1-3-17-13(16)9-11-8-7-10-5-4-6-12(15)14(10,11)2/h10-11H,3-9H2,1-2H3/t10-,11+,14-/m0/s1. The summed E-state index contributed by atoms with van der Waals surface area (Å²) >= 11 is 0. The fourth-order valence-corrected chi connectivity index (χ4v) is 3.75. The smallest absolute Gasteiger partial charge is 0.306 e. The van der Waals surface area contributed by atoms with E-state index in [1.54, 1.807) is 0 Å². The second-order valence-corrected chi connectivity index (χ2v) is 5.58. The Morgan fingerprint density at radius 3 is 2.88 bits per heavy atom. The molecule has 0 unspecified atom stereocenters. The summed E-state index contributed by atoms with van der Waals surface area (Å²) in [5, 5.41) is 0. The van der Waals surface area contributed by atoms with Gasteiger partial charge in [0.1, 0.15) is 5.78 Å². The molecule has 0 aromatic heterocycles. The van der Waals surface area contributed by atoms with Crippen LogP contribution in [0.25, 0.3) is 0 Å². The second kappa shape index (κ2) is 4.79. The number of Topliss-reactive ketones (excluding diaryl/α,β-unsaturated/α-hetero) is 1. The summed E-state index contributed by atoms with van der Waals surface area (Å²) in [6.07, 6.45) is 5.42. The number of fused-ring (bicyclic) bond motifs is 1. The van der Waals surface area contributed by atoms with Crippen LogP contribution >= 0.6 is 0 Å². The van der Waals surface area contributed by atoms with Crippen molar-refractivity contribution in [3.8, 4) is 0 Å². The number of carbonyl (C=O) groups is 2. The first-order chi connectivity index (χ1) is 8.09. The molecule has 3 nitrogen and oxygen atoms in total. The van der Waals surface area contributed by atoms with E-state index < -0.39 is 0 Å². The lowest BCUT2D eigenvalue weighted by molar-refractivity contribution is -0.147. The lowest BCUT2D eigenvalue weighted by Crippen LogP contribution is -2.41. The van der Waals surface area contributed by atoms with Crippen LogP contribution in [-0.2, 0) is 14.3 Å². The minimum atomic E-state index is -0.245. The molecule has 96 valence electrons. The highest BCUT2D eigenvalue weighted by atomic mass is 16.5. The topological polar surface area (TPSA) is 43.4 Å². The number of carbonyl (C=O) groups excluding carboxylic acids is 2. The molecule has 0 saturated heterocycles. The van der Waals surface area contributed by atoms with E-state index in [-0.39, 0.29) is 17.3 Å². The van der Waals surface area contributed by atoms with Gasteiger partial charge < -0.3 is 4.74 Å². The van der Waals surface area contributed by atoms with E-state index in [1.165, 1.54) is 0 Å².